The summed E-state index contributed by atoms with van der Waals surface area (Å²) in [6.45, 7) is 4.61. The van der Waals surface area contributed by atoms with Crippen LogP contribution in [0.2, 0.25) is 0 Å². The smallest absolute Gasteiger partial charge is 0.323 e. The number of methoxy groups -OCH3 is 1. The number of fused-ring (bicyclic) bond motifs is 1. The molecule has 0 fully saturated rings. The van der Waals surface area contributed by atoms with E-state index in [4.69, 9.17) is 15.2 Å². The molecular formula is C22H37NO5S2. The molecule has 3 atom stereocenters. The van der Waals surface area contributed by atoms with Crippen LogP contribution >= 0.6 is 12.6 Å². The van der Waals surface area contributed by atoms with Crippen molar-refractivity contribution in [2.75, 3.05) is 25.4 Å². The Kier molecular flexibility index (Phi) is 14.1. The van der Waals surface area contributed by atoms with Gasteiger partial charge in [0.1, 0.15) is 17.0 Å². The molecule has 0 radical (unpaired) electrons. The SMILES string of the molecule is CCCCCCCC[S+]([O-])C(C)Cc1ccc2c(c1)OCO2.COC(=O)[C@@H](N)CS. The van der Waals surface area contributed by atoms with Crippen molar-refractivity contribution in [3.63, 3.8) is 0 Å². The highest BCUT2D eigenvalue weighted by Gasteiger charge is 2.19. The Labute approximate surface area is 189 Å². The summed E-state index contributed by atoms with van der Waals surface area (Å²) in [4.78, 5) is 10.3. The number of hydrogen-bond acceptors (Lipinski definition) is 7. The lowest BCUT2D eigenvalue weighted by Gasteiger charge is -2.18. The number of hydrogen-bond donors (Lipinski definition) is 2. The summed E-state index contributed by atoms with van der Waals surface area (Å²) in [7, 11) is 1.30. The molecule has 6 nitrogen and oxygen atoms in total. The molecule has 2 unspecified atom stereocenters. The van der Waals surface area contributed by atoms with Crippen molar-refractivity contribution in [1.29, 1.82) is 0 Å². The van der Waals surface area contributed by atoms with Crippen LogP contribution in [0.25, 0.3) is 0 Å². The first-order valence-corrected chi connectivity index (χ1v) is 12.6. The molecule has 0 saturated heterocycles. The molecular weight excluding hydrogens is 422 g/mol. The second-order valence-corrected chi connectivity index (χ2v) is 9.71. The Balaban J connectivity index is 0.000000479. The number of benzene rings is 1. The Bertz CT molecular complexity index is 617. The second-order valence-electron chi connectivity index (χ2n) is 7.37. The average molecular weight is 460 g/mol. The topological polar surface area (TPSA) is 93.8 Å². The maximum atomic E-state index is 12.3. The van der Waals surface area contributed by atoms with Crippen LogP contribution in [0.3, 0.4) is 0 Å². The number of carbonyl (C=O) groups is 1. The fourth-order valence-corrected chi connectivity index (χ4v) is 4.36. The molecule has 2 N–H and O–H groups in total. The summed E-state index contributed by atoms with van der Waals surface area (Å²) in [5, 5.41) is 0.191. The number of unbranched alkanes of at least 4 members (excludes halogenated alkanes) is 5. The van der Waals surface area contributed by atoms with E-state index in [9.17, 15) is 9.35 Å². The highest BCUT2D eigenvalue weighted by molar-refractivity contribution is 7.92. The first-order valence-electron chi connectivity index (χ1n) is 10.6. The first-order chi connectivity index (χ1) is 14.4. The van der Waals surface area contributed by atoms with Crippen molar-refractivity contribution >= 4 is 29.8 Å². The van der Waals surface area contributed by atoms with Gasteiger partial charge < -0.3 is 24.5 Å². The summed E-state index contributed by atoms with van der Waals surface area (Å²) >= 11 is 3.04. The van der Waals surface area contributed by atoms with Crippen LogP contribution in [-0.2, 0) is 27.1 Å². The Morgan fingerprint density at radius 2 is 1.90 bits per heavy atom. The summed E-state index contributed by atoms with van der Waals surface area (Å²) in [6.07, 6.45) is 8.32. The largest absolute Gasteiger partial charge is 0.616 e. The highest BCUT2D eigenvalue weighted by atomic mass is 32.2. The van der Waals surface area contributed by atoms with E-state index in [0.717, 1.165) is 30.1 Å². The molecule has 30 heavy (non-hydrogen) atoms. The number of nitrogens with two attached hydrogens (primary N) is 1. The molecule has 0 saturated carbocycles. The van der Waals surface area contributed by atoms with Crippen LogP contribution in [-0.4, -0.2) is 47.2 Å². The molecule has 172 valence electrons. The average Bonchev–Trinajstić information content (AvgIpc) is 3.23. The van der Waals surface area contributed by atoms with E-state index < -0.39 is 23.2 Å². The Morgan fingerprint density at radius 3 is 2.53 bits per heavy atom. The third kappa shape index (κ3) is 10.3. The zero-order valence-electron chi connectivity index (χ0n) is 18.4. The normalized spacial score (nSPS) is 15.0. The van der Waals surface area contributed by atoms with Crippen LogP contribution in [0.15, 0.2) is 18.2 Å². The molecule has 0 aliphatic carbocycles. The summed E-state index contributed by atoms with van der Waals surface area (Å²) in [5.74, 6) is 2.36. The van der Waals surface area contributed by atoms with Crippen molar-refractivity contribution in [3.8, 4) is 11.5 Å². The summed E-state index contributed by atoms with van der Waals surface area (Å²) < 4.78 is 27.3. The maximum absolute atomic E-state index is 12.3. The van der Waals surface area contributed by atoms with Gasteiger partial charge in [-0.15, -0.1) is 0 Å². The van der Waals surface area contributed by atoms with E-state index in [1.807, 2.05) is 18.2 Å². The molecule has 1 aliphatic heterocycles. The predicted octanol–water partition coefficient (Wildman–Crippen LogP) is 3.87. The van der Waals surface area contributed by atoms with E-state index in [-0.39, 0.29) is 5.25 Å². The minimum Gasteiger partial charge on any atom is -0.616 e. The predicted molar refractivity (Wildman–Crippen MR) is 126 cm³/mol. The molecule has 1 aromatic carbocycles. The van der Waals surface area contributed by atoms with Crippen LogP contribution in [0, 0.1) is 0 Å². The van der Waals surface area contributed by atoms with Crippen molar-refractivity contribution in [2.45, 2.75) is 70.1 Å². The Hall–Kier alpha value is -1.09. The van der Waals surface area contributed by atoms with E-state index in [1.165, 1.54) is 44.8 Å². The molecule has 1 aliphatic rings. The van der Waals surface area contributed by atoms with E-state index in [2.05, 4.69) is 31.2 Å². The zero-order valence-corrected chi connectivity index (χ0v) is 20.1. The molecule has 1 heterocycles. The van der Waals surface area contributed by atoms with Gasteiger partial charge >= 0.3 is 5.97 Å². The number of carbonyl (C=O) groups excluding carboxylic acids is 1. The molecule has 1 aromatic rings. The van der Waals surface area contributed by atoms with Gasteiger partial charge in [0.25, 0.3) is 0 Å². The lowest BCUT2D eigenvalue weighted by atomic mass is 10.1. The molecule has 0 amide bonds. The second kappa shape index (κ2) is 15.7. The molecule has 2 rings (SSSR count). The molecule has 0 bridgehead atoms. The number of thiol groups is 1. The highest BCUT2D eigenvalue weighted by Crippen LogP contribution is 2.33. The quantitative estimate of drug-likeness (QED) is 0.213. The number of ether oxygens (including phenoxy) is 3. The Morgan fingerprint density at radius 1 is 1.23 bits per heavy atom. The summed E-state index contributed by atoms with van der Waals surface area (Å²) in [5.41, 5.74) is 6.35. The number of esters is 1. The zero-order chi connectivity index (χ0) is 22.4. The van der Waals surface area contributed by atoms with Crippen LogP contribution in [0.1, 0.15) is 57.9 Å². The fourth-order valence-electron chi connectivity index (χ4n) is 2.94. The lowest BCUT2D eigenvalue weighted by Crippen LogP contribution is -2.32. The van der Waals surface area contributed by atoms with Gasteiger partial charge in [-0.2, -0.15) is 12.6 Å². The van der Waals surface area contributed by atoms with Gasteiger partial charge in [0.2, 0.25) is 6.79 Å². The molecule has 0 aromatic heterocycles. The molecule has 8 heteroatoms. The van der Waals surface area contributed by atoms with Gasteiger partial charge in [0.15, 0.2) is 11.5 Å². The molecule has 0 spiro atoms. The first kappa shape index (κ1) is 26.9. The maximum Gasteiger partial charge on any atom is 0.323 e. The monoisotopic (exact) mass is 459 g/mol. The van der Waals surface area contributed by atoms with Gasteiger partial charge in [0.05, 0.1) is 7.11 Å². The van der Waals surface area contributed by atoms with Crippen LogP contribution in [0.4, 0.5) is 0 Å². The van der Waals surface area contributed by atoms with Crippen molar-refractivity contribution in [3.05, 3.63) is 23.8 Å². The van der Waals surface area contributed by atoms with Crippen molar-refractivity contribution in [1.82, 2.24) is 0 Å². The van der Waals surface area contributed by atoms with Gasteiger partial charge in [0, 0.05) is 12.2 Å². The van der Waals surface area contributed by atoms with Crippen molar-refractivity contribution < 1.29 is 23.6 Å². The third-order valence-electron chi connectivity index (χ3n) is 4.81. The minimum atomic E-state index is -0.743. The van der Waals surface area contributed by atoms with Gasteiger partial charge in [-0.05, 0) is 37.5 Å². The van der Waals surface area contributed by atoms with Gasteiger partial charge in [-0.1, -0.05) is 49.8 Å². The van der Waals surface area contributed by atoms with E-state index >= 15 is 0 Å². The van der Waals surface area contributed by atoms with E-state index in [1.54, 1.807) is 0 Å². The van der Waals surface area contributed by atoms with Crippen LogP contribution < -0.4 is 15.2 Å². The fraction of sp³-hybridized carbons (Fsp3) is 0.682. The van der Waals surface area contributed by atoms with Gasteiger partial charge in [-0.3, -0.25) is 4.79 Å². The third-order valence-corrected chi connectivity index (χ3v) is 6.96. The standard InChI is InChI=1S/C18H28O3S.C4H9NO2S/c1-3-4-5-6-7-8-11-22(19)15(2)12-16-9-10-17-18(13-16)21-14-20-17;1-7-4(6)3(5)2-8/h9-10,13,15H,3-8,11-12,14H2,1-2H3;3,8H,2,5H2,1H3/t;3-/m.0/s1. The summed E-state index contributed by atoms with van der Waals surface area (Å²) in [6, 6.07) is 5.43. The van der Waals surface area contributed by atoms with E-state index in [0.29, 0.717) is 12.5 Å². The van der Waals surface area contributed by atoms with Gasteiger partial charge in [-0.25, -0.2) is 0 Å². The number of rotatable bonds is 12. The lowest BCUT2D eigenvalue weighted by molar-refractivity contribution is -0.141. The minimum absolute atomic E-state index is 0.191. The van der Waals surface area contributed by atoms with Crippen molar-refractivity contribution in [2.24, 2.45) is 5.73 Å². The van der Waals surface area contributed by atoms with Crippen LogP contribution in [0.5, 0.6) is 11.5 Å².